The first-order chi connectivity index (χ1) is 8.74. The molecule has 0 amide bonds. The van der Waals surface area contributed by atoms with Crippen LogP contribution in [0, 0.1) is 5.92 Å². The number of methoxy groups -OCH3 is 1. The van der Waals surface area contributed by atoms with Crippen molar-refractivity contribution >= 4 is 5.97 Å². The van der Waals surface area contributed by atoms with E-state index in [4.69, 9.17) is 9.84 Å². The predicted molar refractivity (Wildman–Crippen MR) is 74.8 cm³/mol. The van der Waals surface area contributed by atoms with E-state index >= 15 is 0 Å². The molecule has 0 heterocycles. The molecule has 1 aromatic rings. The Morgan fingerprint density at radius 1 is 1.22 bits per heavy atom. The van der Waals surface area contributed by atoms with Gasteiger partial charge in [-0.2, -0.15) is 0 Å². The van der Waals surface area contributed by atoms with Crippen molar-refractivity contribution in [1.82, 2.24) is 0 Å². The Labute approximate surface area is 110 Å². The number of carboxylic acid groups (broad SMARTS) is 1. The molecule has 1 aliphatic rings. The van der Waals surface area contributed by atoms with Crippen LogP contribution in [0.5, 0.6) is 5.75 Å². The smallest absolute Gasteiger partial charge is 0.306 e. The summed E-state index contributed by atoms with van der Waals surface area (Å²) in [6.07, 6.45) is 1.80. The average molecular weight is 255 g/mol. The number of carbonyl (C=O) groups is 1. The van der Waals surface area contributed by atoms with Crippen LogP contribution < -0.4 is 10.5 Å². The van der Waals surface area contributed by atoms with E-state index in [0.717, 1.165) is 18.6 Å². The van der Waals surface area contributed by atoms with Gasteiger partial charge in [-0.1, -0.05) is 32.0 Å². The van der Waals surface area contributed by atoms with Crippen LogP contribution in [0.4, 0.5) is 0 Å². The largest absolute Gasteiger partial charge is 0.497 e. The Bertz CT molecular complexity index is 284. The molecule has 0 aliphatic heterocycles. The lowest BCUT2D eigenvalue weighted by Crippen LogP contribution is -1.94. The molecule has 104 valence electrons. The van der Waals surface area contributed by atoms with Crippen LogP contribution in [0.15, 0.2) is 30.3 Å². The molecule has 0 spiro atoms. The summed E-state index contributed by atoms with van der Waals surface area (Å²) in [5.41, 5.74) is 4.50. The lowest BCUT2D eigenvalue weighted by Gasteiger charge is -1.93. The number of hydrogen-bond donors (Lipinski definition) is 2. The second-order valence-electron chi connectivity index (χ2n) is 3.13. The van der Waals surface area contributed by atoms with Crippen LogP contribution >= 0.6 is 0 Å². The van der Waals surface area contributed by atoms with Crippen molar-refractivity contribution < 1.29 is 14.6 Å². The Morgan fingerprint density at radius 3 is 1.83 bits per heavy atom. The molecule has 18 heavy (non-hydrogen) atoms. The molecule has 1 aliphatic carbocycles. The van der Waals surface area contributed by atoms with Gasteiger partial charge in [-0.3, -0.25) is 4.79 Å². The summed E-state index contributed by atoms with van der Waals surface area (Å²) in [5.74, 6) is 0.299. The molecule has 0 saturated heterocycles. The highest BCUT2D eigenvalue weighted by Gasteiger charge is 2.28. The minimum Gasteiger partial charge on any atom is -0.497 e. The van der Waals surface area contributed by atoms with Gasteiger partial charge in [0.15, 0.2) is 0 Å². The number of aliphatic carboxylic acids is 1. The molecule has 0 atom stereocenters. The molecule has 0 radical (unpaired) electrons. The molecule has 0 unspecified atom stereocenters. The lowest BCUT2D eigenvalue weighted by atomic mass is 10.3. The second kappa shape index (κ2) is 13.5. The van der Waals surface area contributed by atoms with Crippen molar-refractivity contribution in [3.63, 3.8) is 0 Å². The third-order valence-corrected chi connectivity index (χ3v) is 1.91. The Morgan fingerprint density at radius 2 is 1.67 bits per heavy atom. The highest BCUT2D eigenvalue weighted by molar-refractivity contribution is 5.72. The van der Waals surface area contributed by atoms with Gasteiger partial charge in [-0.05, 0) is 32.0 Å². The van der Waals surface area contributed by atoms with Crippen molar-refractivity contribution in [2.45, 2.75) is 26.7 Å². The SMILES string of the molecule is CC.CN.COc1ccccc1.O=C(O)C1CC1. The van der Waals surface area contributed by atoms with E-state index in [1.165, 1.54) is 7.05 Å². The highest BCUT2D eigenvalue weighted by Crippen LogP contribution is 2.28. The van der Waals surface area contributed by atoms with Crippen molar-refractivity contribution in [3.8, 4) is 5.75 Å². The molecular weight excluding hydrogens is 230 g/mol. The van der Waals surface area contributed by atoms with E-state index in [9.17, 15) is 4.79 Å². The number of hydrogen-bond acceptors (Lipinski definition) is 3. The van der Waals surface area contributed by atoms with Crippen molar-refractivity contribution in [2.75, 3.05) is 14.2 Å². The fourth-order valence-electron chi connectivity index (χ4n) is 0.887. The molecule has 2 rings (SSSR count). The van der Waals surface area contributed by atoms with Gasteiger partial charge < -0.3 is 15.6 Å². The molecule has 4 nitrogen and oxygen atoms in total. The van der Waals surface area contributed by atoms with E-state index in [-0.39, 0.29) is 5.92 Å². The third kappa shape index (κ3) is 11.0. The highest BCUT2D eigenvalue weighted by atomic mass is 16.5. The molecule has 1 aromatic carbocycles. The zero-order valence-corrected chi connectivity index (χ0v) is 11.7. The quantitative estimate of drug-likeness (QED) is 0.852. The molecular formula is C14H25NO3. The Kier molecular flexibility index (Phi) is 14.1. The summed E-state index contributed by atoms with van der Waals surface area (Å²) in [4.78, 5) is 9.76. The predicted octanol–water partition coefficient (Wildman–Crippen LogP) is 2.78. The van der Waals surface area contributed by atoms with Gasteiger partial charge in [0, 0.05) is 0 Å². The summed E-state index contributed by atoms with van der Waals surface area (Å²) in [5, 5.41) is 8.05. The van der Waals surface area contributed by atoms with Crippen LogP contribution in [0.1, 0.15) is 26.7 Å². The number of carboxylic acids is 1. The van der Waals surface area contributed by atoms with Crippen molar-refractivity contribution in [1.29, 1.82) is 0 Å². The van der Waals surface area contributed by atoms with Gasteiger partial charge in [0.1, 0.15) is 5.75 Å². The third-order valence-electron chi connectivity index (χ3n) is 1.91. The number of ether oxygens (including phenoxy) is 1. The Balaban J connectivity index is 0. The van der Waals surface area contributed by atoms with E-state index in [1.54, 1.807) is 7.11 Å². The maximum absolute atomic E-state index is 9.76. The normalized spacial score (nSPS) is 11.4. The number of benzene rings is 1. The molecule has 0 bridgehead atoms. The summed E-state index contributed by atoms with van der Waals surface area (Å²) >= 11 is 0. The standard InChI is InChI=1S/C7H8O.C4H6O2.C2H6.CH5N/c1-8-7-5-3-2-4-6-7;5-4(6)3-1-2-3;2*1-2/h2-6H,1H3;3H,1-2H2,(H,5,6);1-2H3;2H2,1H3. The van der Waals surface area contributed by atoms with Crippen LogP contribution in [0.2, 0.25) is 0 Å². The first-order valence-corrected chi connectivity index (χ1v) is 6.13. The van der Waals surface area contributed by atoms with E-state index in [0.29, 0.717) is 0 Å². The van der Waals surface area contributed by atoms with Gasteiger partial charge in [-0.15, -0.1) is 0 Å². The molecule has 0 aromatic heterocycles. The number of rotatable bonds is 2. The van der Waals surface area contributed by atoms with Crippen LogP contribution in [0.3, 0.4) is 0 Å². The molecule has 1 fully saturated rings. The van der Waals surface area contributed by atoms with Crippen molar-refractivity contribution in [3.05, 3.63) is 30.3 Å². The minimum absolute atomic E-state index is 0.0185. The van der Waals surface area contributed by atoms with Crippen molar-refractivity contribution in [2.24, 2.45) is 11.7 Å². The monoisotopic (exact) mass is 255 g/mol. The summed E-state index contributed by atoms with van der Waals surface area (Å²) in [6, 6.07) is 9.68. The molecule has 1 saturated carbocycles. The molecule has 3 N–H and O–H groups in total. The average Bonchev–Trinajstić information content (AvgIpc) is 3.29. The van der Waals surface area contributed by atoms with Crippen LogP contribution in [-0.2, 0) is 4.79 Å². The summed E-state index contributed by atoms with van der Waals surface area (Å²) < 4.78 is 4.91. The zero-order chi connectivity index (χ0) is 14.4. The van der Waals surface area contributed by atoms with Gasteiger partial charge in [0.05, 0.1) is 13.0 Å². The Hall–Kier alpha value is -1.55. The van der Waals surface area contributed by atoms with Crippen LogP contribution in [0.25, 0.3) is 0 Å². The minimum atomic E-state index is -0.630. The first kappa shape index (κ1) is 18.8. The molecule has 4 heteroatoms. The fourth-order valence-corrected chi connectivity index (χ4v) is 0.887. The first-order valence-electron chi connectivity index (χ1n) is 6.13. The van der Waals surface area contributed by atoms with Gasteiger partial charge in [-0.25, -0.2) is 0 Å². The summed E-state index contributed by atoms with van der Waals surface area (Å²) in [6.45, 7) is 4.00. The number of nitrogens with two attached hydrogens (primary N) is 1. The summed E-state index contributed by atoms with van der Waals surface area (Å²) in [7, 11) is 3.16. The fraction of sp³-hybridized carbons (Fsp3) is 0.500. The van der Waals surface area contributed by atoms with E-state index < -0.39 is 5.97 Å². The van der Waals surface area contributed by atoms with Gasteiger partial charge >= 0.3 is 5.97 Å². The van der Waals surface area contributed by atoms with Gasteiger partial charge in [0.25, 0.3) is 0 Å². The lowest BCUT2D eigenvalue weighted by molar-refractivity contribution is -0.138. The maximum Gasteiger partial charge on any atom is 0.306 e. The number of para-hydroxylation sites is 1. The second-order valence-corrected chi connectivity index (χ2v) is 3.13. The van der Waals surface area contributed by atoms with E-state index in [2.05, 4.69) is 5.73 Å². The van der Waals surface area contributed by atoms with Crippen LogP contribution in [-0.4, -0.2) is 25.2 Å². The van der Waals surface area contributed by atoms with Gasteiger partial charge in [0.2, 0.25) is 0 Å². The zero-order valence-electron chi connectivity index (χ0n) is 11.7. The topological polar surface area (TPSA) is 72.5 Å². The maximum atomic E-state index is 9.76. The van der Waals surface area contributed by atoms with E-state index in [1.807, 2.05) is 44.2 Å².